The van der Waals surface area contributed by atoms with Gasteiger partial charge in [0.05, 0.1) is 6.10 Å². The van der Waals surface area contributed by atoms with E-state index < -0.39 is 0 Å². The molecule has 1 aliphatic carbocycles. The molecule has 1 aliphatic rings. The highest BCUT2D eigenvalue weighted by atomic mass is 16.3. The van der Waals surface area contributed by atoms with Gasteiger partial charge in [-0.25, -0.2) is 0 Å². The highest BCUT2D eigenvalue weighted by Gasteiger charge is 2.28. The van der Waals surface area contributed by atoms with Crippen molar-refractivity contribution in [1.29, 1.82) is 0 Å². The molecule has 0 amide bonds. The van der Waals surface area contributed by atoms with E-state index in [2.05, 4.69) is 4.98 Å². The van der Waals surface area contributed by atoms with Gasteiger partial charge in [0.15, 0.2) is 5.78 Å². The predicted molar refractivity (Wildman–Crippen MR) is 91.8 cm³/mol. The van der Waals surface area contributed by atoms with E-state index in [4.69, 9.17) is 0 Å². The smallest absolute Gasteiger partial charge is 0.194 e. The van der Waals surface area contributed by atoms with Crippen molar-refractivity contribution in [3.8, 4) is 11.1 Å². The molecule has 2 aromatic carbocycles. The van der Waals surface area contributed by atoms with Gasteiger partial charge in [-0.05, 0) is 37.8 Å². The van der Waals surface area contributed by atoms with E-state index in [0.29, 0.717) is 0 Å². The summed E-state index contributed by atoms with van der Waals surface area (Å²) in [5, 5.41) is 10.5. The fourth-order valence-electron chi connectivity index (χ4n) is 3.59. The van der Waals surface area contributed by atoms with E-state index >= 15 is 0 Å². The minimum absolute atomic E-state index is 0.105. The first-order valence-electron chi connectivity index (χ1n) is 8.12. The van der Waals surface area contributed by atoms with Crippen LogP contribution in [0.5, 0.6) is 0 Å². The fourth-order valence-corrected chi connectivity index (χ4v) is 3.59. The van der Waals surface area contributed by atoms with Gasteiger partial charge >= 0.3 is 0 Å². The standard InChI is InChI=1S/C20H19NO2/c1-12(22)6-4-10-16-18-13-7-2-3-8-14(13)20(23)15-9-5-11-17(21-16)19(15)18/h2-3,5,7-9,11-12,21-22H,4,6,10H2,1H3. The molecular weight excluding hydrogens is 286 g/mol. The van der Waals surface area contributed by atoms with Gasteiger partial charge in [-0.3, -0.25) is 4.79 Å². The summed E-state index contributed by atoms with van der Waals surface area (Å²) in [6.45, 7) is 1.82. The molecule has 1 unspecified atom stereocenters. The number of nitrogens with one attached hydrogen (secondary N) is 1. The monoisotopic (exact) mass is 305 g/mol. The Bertz CT molecular complexity index is 905. The van der Waals surface area contributed by atoms with Crippen molar-refractivity contribution in [3.05, 3.63) is 59.3 Å². The molecule has 1 heterocycles. The van der Waals surface area contributed by atoms with Crippen LogP contribution in [0.15, 0.2) is 42.5 Å². The zero-order valence-corrected chi connectivity index (χ0v) is 13.1. The van der Waals surface area contributed by atoms with E-state index in [-0.39, 0.29) is 11.9 Å². The molecule has 23 heavy (non-hydrogen) atoms. The first kappa shape index (κ1) is 14.2. The molecule has 0 radical (unpaired) electrons. The molecule has 0 bridgehead atoms. The van der Waals surface area contributed by atoms with Crippen LogP contribution < -0.4 is 0 Å². The number of fused-ring (bicyclic) bond motifs is 2. The lowest BCUT2D eigenvalue weighted by molar-refractivity contribution is 0.104. The highest BCUT2D eigenvalue weighted by Crippen LogP contribution is 2.42. The molecule has 2 N–H and O–H groups in total. The number of aliphatic hydroxyl groups excluding tert-OH is 1. The van der Waals surface area contributed by atoms with Crippen molar-refractivity contribution >= 4 is 16.7 Å². The van der Waals surface area contributed by atoms with Crippen LogP contribution in [0.3, 0.4) is 0 Å². The van der Waals surface area contributed by atoms with E-state index in [1.54, 1.807) is 0 Å². The van der Waals surface area contributed by atoms with Crippen molar-refractivity contribution in [2.75, 3.05) is 0 Å². The summed E-state index contributed by atoms with van der Waals surface area (Å²) in [6.07, 6.45) is 2.29. The average molecular weight is 305 g/mol. The number of aryl methyl sites for hydroxylation is 1. The Labute approximate surface area is 135 Å². The van der Waals surface area contributed by atoms with Gasteiger partial charge in [0.25, 0.3) is 0 Å². The first-order chi connectivity index (χ1) is 11.2. The maximum atomic E-state index is 12.8. The number of H-pyrrole nitrogens is 1. The molecule has 0 spiro atoms. The minimum atomic E-state index is -0.278. The van der Waals surface area contributed by atoms with Crippen molar-refractivity contribution in [2.24, 2.45) is 0 Å². The number of aromatic amines is 1. The van der Waals surface area contributed by atoms with Gasteiger partial charge in [-0.1, -0.05) is 36.4 Å². The summed E-state index contributed by atoms with van der Waals surface area (Å²) >= 11 is 0. The second-order valence-corrected chi connectivity index (χ2v) is 6.32. The summed E-state index contributed by atoms with van der Waals surface area (Å²) in [4.78, 5) is 16.3. The number of carbonyl (C=O) groups excluding carboxylic acids is 1. The summed E-state index contributed by atoms with van der Waals surface area (Å²) < 4.78 is 0. The maximum Gasteiger partial charge on any atom is 0.194 e. The van der Waals surface area contributed by atoms with Gasteiger partial charge in [-0.2, -0.15) is 0 Å². The van der Waals surface area contributed by atoms with Crippen LogP contribution in [0.1, 0.15) is 41.4 Å². The topological polar surface area (TPSA) is 53.1 Å². The molecule has 0 saturated heterocycles. The number of benzene rings is 2. The molecule has 4 rings (SSSR count). The van der Waals surface area contributed by atoms with Crippen molar-refractivity contribution < 1.29 is 9.90 Å². The lowest BCUT2D eigenvalue weighted by atomic mass is 9.84. The Kier molecular flexibility index (Phi) is 3.31. The Morgan fingerprint density at radius 1 is 1.04 bits per heavy atom. The fraction of sp³-hybridized carbons (Fsp3) is 0.250. The second kappa shape index (κ2) is 5.36. The lowest BCUT2D eigenvalue weighted by Crippen LogP contribution is -2.09. The molecule has 0 saturated carbocycles. The van der Waals surface area contributed by atoms with Crippen molar-refractivity contribution in [2.45, 2.75) is 32.3 Å². The molecule has 1 atom stereocenters. The number of ketones is 1. The molecule has 3 nitrogen and oxygen atoms in total. The number of carbonyl (C=O) groups is 1. The maximum absolute atomic E-state index is 12.8. The van der Waals surface area contributed by atoms with Crippen LogP contribution in [0, 0.1) is 0 Å². The zero-order valence-electron chi connectivity index (χ0n) is 13.1. The zero-order chi connectivity index (χ0) is 16.0. The molecular formula is C20H19NO2. The number of aromatic nitrogens is 1. The lowest BCUT2D eigenvalue weighted by Gasteiger charge is -2.17. The average Bonchev–Trinajstić information content (AvgIpc) is 2.91. The third kappa shape index (κ3) is 2.20. The van der Waals surface area contributed by atoms with E-state index in [9.17, 15) is 9.90 Å². The summed E-state index contributed by atoms with van der Waals surface area (Å²) in [5.41, 5.74) is 5.93. The Morgan fingerprint density at radius 3 is 2.57 bits per heavy atom. The quantitative estimate of drug-likeness (QED) is 0.597. The molecule has 3 heteroatoms. The van der Waals surface area contributed by atoms with Crippen molar-refractivity contribution in [3.63, 3.8) is 0 Å². The Morgan fingerprint density at radius 2 is 1.78 bits per heavy atom. The summed E-state index contributed by atoms with van der Waals surface area (Å²) in [5.74, 6) is 0.105. The minimum Gasteiger partial charge on any atom is -0.393 e. The van der Waals surface area contributed by atoms with Crippen LogP contribution >= 0.6 is 0 Å². The van der Waals surface area contributed by atoms with Crippen LogP contribution in [0.25, 0.3) is 22.0 Å². The summed E-state index contributed by atoms with van der Waals surface area (Å²) in [7, 11) is 0. The van der Waals surface area contributed by atoms with E-state index in [1.165, 1.54) is 0 Å². The van der Waals surface area contributed by atoms with E-state index in [0.717, 1.165) is 58.1 Å². The van der Waals surface area contributed by atoms with Gasteiger partial charge in [-0.15, -0.1) is 0 Å². The number of aliphatic hydroxyl groups is 1. The van der Waals surface area contributed by atoms with Crippen LogP contribution in [-0.2, 0) is 6.42 Å². The van der Waals surface area contributed by atoms with Crippen LogP contribution in [0.4, 0.5) is 0 Å². The van der Waals surface area contributed by atoms with Gasteiger partial charge < -0.3 is 10.1 Å². The number of hydrogen-bond donors (Lipinski definition) is 2. The molecule has 0 fully saturated rings. The van der Waals surface area contributed by atoms with E-state index in [1.807, 2.05) is 49.4 Å². The third-order valence-corrected chi connectivity index (χ3v) is 4.64. The molecule has 3 aromatic rings. The molecule has 1 aromatic heterocycles. The Hall–Kier alpha value is -2.39. The largest absolute Gasteiger partial charge is 0.393 e. The SMILES string of the molecule is CC(O)CCCc1[nH]c2cccc3c2c1-c1ccccc1C3=O. The second-order valence-electron chi connectivity index (χ2n) is 6.32. The van der Waals surface area contributed by atoms with Crippen molar-refractivity contribution in [1.82, 2.24) is 4.98 Å². The Balaban J connectivity index is 1.91. The normalized spacial score (nSPS) is 14.1. The number of rotatable bonds is 4. The van der Waals surface area contributed by atoms with Gasteiger partial charge in [0.1, 0.15) is 0 Å². The first-order valence-corrected chi connectivity index (χ1v) is 8.12. The molecule has 116 valence electrons. The number of hydrogen-bond acceptors (Lipinski definition) is 2. The van der Waals surface area contributed by atoms with Crippen LogP contribution in [0.2, 0.25) is 0 Å². The third-order valence-electron chi connectivity index (χ3n) is 4.64. The van der Waals surface area contributed by atoms with Gasteiger partial charge in [0, 0.05) is 33.3 Å². The summed E-state index contributed by atoms with van der Waals surface area (Å²) in [6, 6.07) is 13.7. The molecule has 0 aliphatic heterocycles. The van der Waals surface area contributed by atoms with Crippen LogP contribution in [-0.4, -0.2) is 22.0 Å². The highest BCUT2D eigenvalue weighted by molar-refractivity contribution is 6.26. The predicted octanol–water partition coefficient (Wildman–Crippen LogP) is 4.08. The van der Waals surface area contributed by atoms with Gasteiger partial charge in [0.2, 0.25) is 0 Å².